The zero-order valence-corrected chi connectivity index (χ0v) is 15.5. The van der Waals surface area contributed by atoms with Crippen LogP contribution in [0, 0.1) is 0 Å². The predicted octanol–water partition coefficient (Wildman–Crippen LogP) is 4.23. The molecule has 2 aromatic carbocycles. The highest BCUT2D eigenvalue weighted by Crippen LogP contribution is 2.29. The van der Waals surface area contributed by atoms with E-state index in [1.165, 1.54) is 5.56 Å². The number of benzene rings is 2. The Morgan fingerprint density at radius 3 is 2.62 bits per heavy atom. The Kier molecular flexibility index (Phi) is 7.82. The van der Waals surface area contributed by atoms with Crippen LogP contribution in [0.15, 0.2) is 48.5 Å². The van der Waals surface area contributed by atoms with E-state index in [0.717, 1.165) is 25.2 Å². The zero-order valence-electron chi connectivity index (χ0n) is 13.2. The molecule has 130 valence electrons. The van der Waals surface area contributed by atoms with Crippen molar-refractivity contribution in [3.63, 3.8) is 0 Å². The molecule has 3 rings (SSSR count). The molecule has 0 spiro atoms. The fourth-order valence-corrected chi connectivity index (χ4v) is 3.09. The molecule has 0 aliphatic carbocycles. The molecular formula is C18H21Cl3N2O. The molecule has 1 aliphatic rings. The van der Waals surface area contributed by atoms with Gasteiger partial charge in [-0.3, -0.25) is 0 Å². The molecule has 3 nitrogen and oxygen atoms in total. The van der Waals surface area contributed by atoms with Gasteiger partial charge in [-0.25, -0.2) is 0 Å². The Balaban J connectivity index is 0.00000208. The lowest BCUT2D eigenvalue weighted by atomic mass is 10.0. The third-order valence-electron chi connectivity index (χ3n) is 3.99. The molecule has 2 aromatic rings. The first-order valence-corrected chi connectivity index (χ1v) is 8.54. The molecule has 2 N–H and O–H groups in total. The van der Waals surface area contributed by atoms with Gasteiger partial charge in [-0.1, -0.05) is 59.6 Å². The Labute approximate surface area is 159 Å². The van der Waals surface area contributed by atoms with Gasteiger partial charge in [0.25, 0.3) is 0 Å². The van der Waals surface area contributed by atoms with E-state index in [4.69, 9.17) is 27.9 Å². The van der Waals surface area contributed by atoms with Gasteiger partial charge < -0.3 is 15.4 Å². The van der Waals surface area contributed by atoms with Gasteiger partial charge in [0, 0.05) is 19.6 Å². The lowest BCUT2D eigenvalue weighted by molar-refractivity contribution is 0.0435. The van der Waals surface area contributed by atoms with Crippen LogP contribution in [-0.2, 0) is 11.3 Å². The lowest BCUT2D eigenvalue weighted by Crippen LogP contribution is -2.41. The first kappa shape index (κ1) is 19.5. The quantitative estimate of drug-likeness (QED) is 0.823. The number of hydrogen-bond acceptors (Lipinski definition) is 3. The number of ether oxygens (including phenoxy) is 1. The number of rotatable bonds is 4. The maximum atomic E-state index is 6.17. The third kappa shape index (κ3) is 5.09. The van der Waals surface area contributed by atoms with Gasteiger partial charge in [0.05, 0.1) is 28.8 Å². The van der Waals surface area contributed by atoms with Crippen LogP contribution in [0.3, 0.4) is 0 Å². The molecule has 1 unspecified atom stereocenters. The van der Waals surface area contributed by atoms with E-state index in [1.54, 1.807) is 0 Å². The second kappa shape index (κ2) is 9.62. The number of hydrogen-bond donors (Lipinski definition) is 2. The second-order valence-electron chi connectivity index (χ2n) is 5.64. The second-order valence-corrected chi connectivity index (χ2v) is 6.46. The normalized spacial score (nSPS) is 20.9. The average Bonchev–Trinajstić information content (AvgIpc) is 2.82. The van der Waals surface area contributed by atoms with Gasteiger partial charge in [-0.15, -0.1) is 12.4 Å². The summed E-state index contributed by atoms with van der Waals surface area (Å²) in [7, 11) is 0. The summed E-state index contributed by atoms with van der Waals surface area (Å²) >= 11 is 12.2. The van der Waals surface area contributed by atoms with Gasteiger partial charge in [-0.05, 0) is 23.3 Å². The molecule has 24 heavy (non-hydrogen) atoms. The molecule has 0 saturated carbocycles. The van der Waals surface area contributed by atoms with Crippen molar-refractivity contribution in [2.24, 2.45) is 0 Å². The van der Waals surface area contributed by atoms with E-state index < -0.39 is 0 Å². The number of nitrogens with one attached hydrogen (secondary N) is 2. The molecular weight excluding hydrogens is 367 g/mol. The summed E-state index contributed by atoms with van der Waals surface area (Å²) in [6.07, 6.45) is -0.0523. The van der Waals surface area contributed by atoms with Crippen LogP contribution < -0.4 is 10.6 Å². The van der Waals surface area contributed by atoms with E-state index in [-0.39, 0.29) is 24.6 Å². The Morgan fingerprint density at radius 2 is 1.88 bits per heavy atom. The van der Waals surface area contributed by atoms with E-state index in [9.17, 15) is 0 Å². The highest BCUT2D eigenvalue weighted by Gasteiger charge is 2.26. The standard InChI is InChI=1S/C18H20Cl2N2O.ClH/c19-15-7-6-14(10-16(15)20)18-17(12-21-8-9-23-18)22-11-13-4-2-1-3-5-13;/h1-7,10,17-18,21-22H,8-9,11-12H2;1H/t17-,18?;/m0./s1. The molecule has 1 aliphatic heterocycles. The van der Waals surface area contributed by atoms with Crippen LogP contribution in [0.25, 0.3) is 0 Å². The van der Waals surface area contributed by atoms with Crippen molar-refractivity contribution in [2.75, 3.05) is 19.7 Å². The van der Waals surface area contributed by atoms with Crippen molar-refractivity contribution in [2.45, 2.75) is 18.7 Å². The Bertz CT molecular complexity index is 639. The largest absolute Gasteiger partial charge is 0.371 e. The van der Waals surface area contributed by atoms with Gasteiger partial charge >= 0.3 is 0 Å². The zero-order chi connectivity index (χ0) is 16.1. The monoisotopic (exact) mass is 386 g/mol. The van der Waals surface area contributed by atoms with E-state index in [0.29, 0.717) is 16.7 Å². The van der Waals surface area contributed by atoms with E-state index in [2.05, 4.69) is 34.9 Å². The third-order valence-corrected chi connectivity index (χ3v) is 4.73. The molecule has 0 amide bonds. The Hall–Kier alpha value is -0.810. The van der Waals surface area contributed by atoms with Crippen LogP contribution in [0.4, 0.5) is 0 Å². The van der Waals surface area contributed by atoms with Crippen molar-refractivity contribution in [3.05, 3.63) is 69.7 Å². The molecule has 1 heterocycles. The minimum atomic E-state index is -0.0523. The van der Waals surface area contributed by atoms with Crippen molar-refractivity contribution in [3.8, 4) is 0 Å². The molecule has 0 bridgehead atoms. The average molecular weight is 388 g/mol. The summed E-state index contributed by atoms with van der Waals surface area (Å²) in [5.41, 5.74) is 2.30. The van der Waals surface area contributed by atoms with Gasteiger partial charge in [0.15, 0.2) is 0 Å². The van der Waals surface area contributed by atoms with Crippen molar-refractivity contribution in [1.29, 1.82) is 0 Å². The molecule has 2 atom stereocenters. The van der Waals surface area contributed by atoms with Crippen LogP contribution in [-0.4, -0.2) is 25.7 Å². The van der Waals surface area contributed by atoms with Crippen LogP contribution >= 0.6 is 35.6 Å². The summed E-state index contributed by atoms with van der Waals surface area (Å²) < 4.78 is 6.06. The first-order valence-electron chi connectivity index (χ1n) is 7.78. The van der Waals surface area contributed by atoms with E-state index in [1.807, 2.05) is 24.3 Å². The topological polar surface area (TPSA) is 33.3 Å². The van der Waals surface area contributed by atoms with Crippen molar-refractivity contribution in [1.82, 2.24) is 10.6 Å². The predicted molar refractivity (Wildman–Crippen MR) is 102 cm³/mol. The fourth-order valence-electron chi connectivity index (χ4n) is 2.78. The smallest absolute Gasteiger partial charge is 0.0991 e. The van der Waals surface area contributed by atoms with Gasteiger partial charge in [0.2, 0.25) is 0 Å². The van der Waals surface area contributed by atoms with Crippen LogP contribution in [0.2, 0.25) is 10.0 Å². The molecule has 1 fully saturated rings. The molecule has 1 saturated heterocycles. The first-order chi connectivity index (χ1) is 11.2. The SMILES string of the molecule is Cl.Clc1ccc(C2OCCNC[C@@H]2NCc2ccccc2)cc1Cl. The van der Waals surface area contributed by atoms with Crippen molar-refractivity contribution < 1.29 is 4.74 Å². The van der Waals surface area contributed by atoms with Gasteiger partial charge in [0.1, 0.15) is 0 Å². The highest BCUT2D eigenvalue weighted by atomic mass is 35.5. The summed E-state index contributed by atoms with van der Waals surface area (Å²) in [5.74, 6) is 0. The highest BCUT2D eigenvalue weighted by molar-refractivity contribution is 6.42. The van der Waals surface area contributed by atoms with Gasteiger partial charge in [-0.2, -0.15) is 0 Å². The number of halogens is 3. The minimum Gasteiger partial charge on any atom is -0.371 e. The van der Waals surface area contributed by atoms with E-state index >= 15 is 0 Å². The molecule has 0 radical (unpaired) electrons. The molecule has 6 heteroatoms. The Morgan fingerprint density at radius 1 is 1.08 bits per heavy atom. The van der Waals surface area contributed by atoms with Crippen molar-refractivity contribution >= 4 is 35.6 Å². The van der Waals surface area contributed by atoms with Crippen LogP contribution in [0.5, 0.6) is 0 Å². The fraction of sp³-hybridized carbons (Fsp3) is 0.333. The summed E-state index contributed by atoms with van der Waals surface area (Å²) in [5, 5.41) is 8.14. The minimum absolute atomic E-state index is 0. The lowest BCUT2D eigenvalue weighted by Gasteiger charge is -2.26. The summed E-state index contributed by atoms with van der Waals surface area (Å²) in [6.45, 7) is 3.17. The molecule has 0 aromatic heterocycles. The summed E-state index contributed by atoms with van der Waals surface area (Å²) in [6, 6.07) is 16.2. The maximum Gasteiger partial charge on any atom is 0.0991 e. The van der Waals surface area contributed by atoms with Crippen LogP contribution in [0.1, 0.15) is 17.2 Å². The summed E-state index contributed by atoms with van der Waals surface area (Å²) in [4.78, 5) is 0. The maximum absolute atomic E-state index is 6.17.